The Labute approximate surface area is 110 Å². The zero-order chi connectivity index (χ0) is 12.8. The van der Waals surface area contributed by atoms with E-state index in [2.05, 4.69) is 21.5 Å². The average molecular weight is 249 g/mol. The molecule has 1 N–H and O–H groups in total. The van der Waals surface area contributed by atoms with Crippen LogP contribution in [-0.2, 0) is 6.54 Å². The smallest absolute Gasteiger partial charge is 0.273 e. The van der Waals surface area contributed by atoms with Gasteiger partial charge in [0.05, 0.1) is 17.8 Å². The van der Waals surface area contributed by atoms with E-state index in [1.165, 1.54) is 5.56 Å². The summed E-state index contributed by atoms with van der Waals surface area (Å²) in [6.45, 7) is 0.751. The van der Waals surface area contributed by atoms with Crippen LogP contribution in [0.2, 0.25) is 0 Å². The molecule has 4 heteroatoms. The summed E-state index contributed by atoms with van der Waals surface area (Å²) in [6.07, 6.45) is 0. The Balaban J connectivity index is 1.95. The minimum absolute atomic E-state index is 0.157. The molecule has 2 heterocycles. The monoisotopic (exact) mass is 249 g/mol. The van der Waals surface area contributed by atoms with Gasteiger partial charge in [-0.3, -0.25) is 4.79 Å². The molecule has 2 aliphatic heterocycles. The van der Waals surface area contributed by atoms with Gasteiger partial charge in [-0.2, -0.15) is 5.10 Å². The Morgan fingerprint density at radius 2 is 1.74 bits per heavy atom. The number of carbonyl (C=O) groups is 1. The van der Waals surface area contributed by atoms with Crippen LogP contribution < -0.4 is 10.3 Å². The molecule has 0 atom stereocenters. The molecular formula is C15H11N3O. The van der Waals surface area contributed by atoms with Gasteiger partial charge in [-0.15, -0.1) is 0 Å². The van der Waals surface area contributed by atoms with Crippen LogP contribution in [0.1, 0.15) is 21.5 Å². The van der Waals surface area contributed by atoms with Crippen LogP contribution in [0.25, 0.3) is 0 Å². The molecule has 0 aliphatic carbocycles. The molecule has 0 fully saturated rings. The highest BCUT2D eigenvalue weighted by Gasteiger charge is 2.31. The fourth-order valence-electron chi connectivity index (χ4n) is 2.65. The molecule has 0 radical (unpaired) electrons. The normalized spacial score (nSPS) is 15.9. The molecule has 19 heavy (non-hydrogen) atoms. The van der Waals surface area contributed by atoms with Crippen molar-refractivity contribution in [1.82, 2.24) is 5.43 Å². The molecule has 1 amide bonds. The summed E-state index contributed by atoms with van der Waals surface area (Å²) in [5.41, 5.74) is 6.50. The largest absolute Gasteiger partial charge is 0.319 e. The number of nitrogens with one attached hydrogen (secondary N) is 1. The molecule has 0 bridgehead atoms. The van der Waals surface area contributed by atoms with Crippen molar-refractivity contribution in [2.75, 3.05) is 4.90 Å². The molecule has 4 rings (SSSR count). The Morgan fingerprint density at radius 3 is 2.63 bits per heavy atom. The van der Waals surface area contributed by atoms with Gasteiger partial charge in [0.2, 0.25) is 0 Å². The van der Waals surface area contributed by atoms with Crippen LogP contribution >= 0.6 is 0 Å². The molecule has 2 aliphatic rings. The molecule has 0 unspecified atom stereocenters. The molecule has 92 valence electrons. The van der Waals surface area contributed by atoms with E-state index < -0.39 is 0 Å². The highest BCUT2D eigenvalue weighted by Crippen LogP contribution is 2.32. The Kier molecular flexibility index (Phi) is 2.00. The Morgan fingerprint density at radius 1 is 1.00 bits per heavy atom. The molecule has 0 saturated heterocycles. The van der Waals surface area contributed by atoms with Gasteiger partial charge in [0.15, 0.2) is 5.84 Å². The molecule has 4 nitrogen and oxygen atoms in total. The van der Waals surface area contributed by atoms with E-state index in [-0.39, 0.29) is 5.91 Å². The van der Waals surface area contributed by atoms with Crippen LogP contribution in [0.3, 0.4) is 0 Å². The summed E-state index contributed by atoms with van der Waals surface area (Å²) in [5, 5.41) is 4.27. The van der Waals surface area contributed by atoms with Crippen LogP contribution in [-0.4, -0.2) is 11.7 Å². The lowest BCUT2D eigenvalue weighted by Crippen LogP contribution is -2.24. The first-order chi connectivity index (χ1) is 9.34. The third-order valence-corrected chi connectivity index (χ3v) is 3.55. The second-order valence-electron chi connectivity index (χ2n) is 4.64. The zero-order valence-corrected chi connectivity index (χ0v) is 10.1. The van der Waals surface area contributed by atoms with Crippen molar-refractivity contribution in [3.8, 4) is 0 Å². The van der Waals surface area contributed by atoms with Crippen molar-refractivity contribution in [2.24, 2.45) is 5.10 Å². The number of benzene rings is 2. The number of amidine groups is 1. The topological polar surface area (TPSA) is 44.7 Å². The van der Waals surface area contributed by atoms with Crippen molar-refractivity contribution < 1.29 is 4.79 Å². The second kappa shape index (κ2) is 3.68. The van der Waals surface area contributed by atoms with Gasteiger partial charge in [-0.05, 0) is 17.7 Å². The molecule has 0 spiro atoms. The summed E-state index contributed by atoms with van der Waals surface area (Å²) in [6, 6.07) is 15.7. The first-order valence-corrected chi connectivity index (χ1v) is 6.17. The van der Waals surface area contributed by atoms with Crippen molar-refractivity contribution in [3.05, 3.63) is 65.2 Å². The number of carbonyl (C=O) groups excluding carboxylic acids is 1. The first kappa shape index (κ1) is 10.3. The third kappa shape index (κ3) is 1.40. The number of hydrogen-bond donors (Lipinski definition) is 1. The van der Waals surface area contributed by atoms with Crippen LogP contribution in [0.4, 0.5) is 5.69 Å². The van der Waals surface area contributed by atoms with Gasteiger partial charge < -0.3 is 4.90 Å². The minimum atomic E-state index is -0.157. The lowest BCUT2D eigenvalue weighted by Gasteiger charge is -2.18. The van der Waals surface area contributed by atoms with Crippen molar-refractivity contribution in [3.63, 3.8) is 0 Å². The molecular weight excluding hydrogens is 238 g/mol. The maximum atomic E-state index is 12.0. The van der Waals surface area contributed by atoms with Gasteiger partial charge >= 0.3 is 0 Å². The van der Waals surface area contributed by atoms with E-state index in [0.717, 1.165) is 23.6 Å². The van der Waals surface area contributed by atoms with Crippen LogP contribution in [0, 0.1) is 0 Å². The highest BCUT2D eigenvalue weighted by atomic mass is 16.2. The predicted molar refractivity (Wildman–Crippen MR) is 73.1 cm³/mol. The minimum Gasteiger partial charge on any atom is -0.319 e. The maximum Gasteiger partial charge on any atom is 0.273 e. The lowest BCUT2D eigenvalue weighted by molar-refractivity contribution is 0.0956. The Bertz CT molecular complexity index is 721. The van der Waals surface area contributed by atoms with Gasteiger partial charge in [0.25, 0.3) is 5.91 Å². The van der Waals surface area contributed by atoms with E-state index in [1.54, 1.807) is 0 Å². The predicted octanol–water partition coefficient (Wildman–Crippen LogP) is 2.11. The summed E-state index contributed by atoms with van der Waals surface area (Å²) >= 11 is 0. The summed E-state index contributed by atoms with van der Waals surface area (Å²) in [7, 11) is 0. The van der Waals surface area contributed by atoms with E-state index >= 15 is 0 Å². The molecule has 0 aromatic heterocycles. The van der Waals surface area contributed by atoms with Crippen LogP contribution in [0.15, 0.2) is 53.6 Å². The Hall–Kier alpha value is -2.62. The highest BCUT2D eigenvalue weighted by molar-refractivity contribution is 6.17. The van der Waals surface area contributed by atoms with Crippen molar-refractivity contribution in [2.45, 2.75) is 6.54 Å². The van der Waals surface area contributed by atoms with E-state index in [4.69, 9.17) is 0 Å². The van der Waals surface area contributed by atoms with Gasteiger partial charge in [0, 0.05) is 5.56 Å². The van der Waals surface area contributed by atoms with Gasteiger partial charge in [-0.25, -0.2) is 5.43 Å². The van der Waals surface area contributed by atoms with Crippen molar-refractivity contribution in [1.29, 1.82) is 0 Å². The third-order valence-electron chi connectivity index (χ3n) is 3.55. The van der Waals surface area contributed by atoms with Crippen LogP contribution in [0.5, 0.6) is 0 Å². The standard InChI is InChI=1S/C15H11N3O/c19-15-12-7-3-4-8-13(12)18-9-10-5-1-2-6-11(10)14(18)16-17-15/h1-8H,9H2,(H,17,19). The fraction of sp³-hybridized carbons (Fsp3) is 0.0667. The maximum absolute atomic E-state index is 12.0. The summed E-state index contributed by atoms with van der Waals surface area (Å²) in [4.78, 5) is 14.1. The zero-order valence-electron chi connectivity index (χ0n) is 10.1. The quantitative estimate of drug-likeness (QED) is 0.777. The molecule has 0 saturated carbocycles. The number of hydrazone groups is 1. The van der Waals surface area contributed by atoms with E-state index in [0.29, 0.717) is 5.56 Å². The lowest BCUT2D eigenvalue weighted by atomic mass is 10.1. The van der Waals surface area contributed by atoms with Crippen molar-refractivity contribution >= 4 is 17.4 Å². The summed E-state index contributed by atoms with van der Waals surface area (Å²) < 4.78 is 0. The number of rotatable bonds is 0. The van der Waals surface area contributed by atoms with Gasteiger partial charge in [0.1, 0.15) is 0 Å². The van der Waals surface area contributed by atoms with E-state index in [9.17, 15) is 4.79 Å². The van der Waals surface area contributed by atoms with E-state index in [1.807, 2.05) is 42.5 Å². The molecule has 2 aromatic carbocycles. The number of para-hydroxylation sites is 1. The fourth-order valence-corrected chi connectivity index (χ4v) is 2.65. The number of amides is 1. The number of anilines is 1. The number of hydrogen-bond acceptors (Lipinski definition) is 3. The summed E-state index contributed by atoms with van der Waals surface area (Å²) in [5.74, 6) is 0.656. The average Bonchev–Trinajstić information content (AvgIpc) is 2.77. The second-order valence-corrected chi connectivity index (χ2v) is 4.64. The number of nitrogens with zero attached hydrogens (tertiary/aromatic N) is 2. The first-order valence-electron chi connectivity index (χ1n) is 6.17. The molecule has 2 aromatic rings. The SMILES string of the molecule is O=C1NN=C2c3ccccc3CN2c2ccccc21. The van der Waals surface area contributed by atoms with Gasteiger partial charge in [-0.1, -0.05) is 36.4 Å². The number of fused-ring (bicyclic) bond motifs is 5.